The molecule has 0 bridgehead atoms. The monoisotopic (exact) mass is 1410 g/mol. The van der Waals surface area contributed by atoms with Gasteiger partial charge in [-0.1, -0.05) is 233 Å². The second kappa shape index (κ2) is 52.5. The summed E-state index contributed by atoms with van der Waals surface area (Å²) in [4.78, 5) is 40.5. The fraction of sp³-hybridized carbons (Fsp3) is 0.958. The van der Waals surface area contributed by atoms with Gasteiger partial charge in [0.2, 0.25) is 5.91 Å². The van der Waals surface area contributed by atoms with Crippen molar-refractivity contribution in [1.29, 1.82) is 0 Å². The predicted octanol–water partition coefficient (Wildman–Crippen LogP) is 6.13. The molecular weight excluding hydrogens is 1280 g/mol. The largest absolute Gasteiger partial charge is 0.462 e. The standard InChI is InChI=1S/C72H133NO25/c1-4-7-10-13-16-19-22-25-28-31-34-37-40-54(76)73-57-62(83)60(81)52(47-92-71-67(88)64(85)61(82)53(97-71)48-91-70-66(87)63(84)58(79)50(43-74)94-70)96-69(57)98-68-65(86)59(80)51(44-75)95-72(68)90-46-49(93-56(78)42-39-36-33-30-27-24-21-18-15-12-9-6-3)45-89-55(77)41-38-35-32-29-26-23-20-17-14-11-8-5-2/h49-53,57-72,74-75,79-88H,4-48H2,1-3H3,(H,73,76)/t49-,50+,51+,52+,53+,57+,58+,59+,60+,61+,62+,63-,64-,65-,66+,67+,68+,69-,70+,71+,72+/m0/s1. The Bertz CT molecular complexity index is 2020. The van der Waals surface area contributed by atoms with Crippen LogP contribution in [0.15, 0.2) is 0 Å². The molecule has 4 fully saturated rings. The van der Waals surface area contributed by atoms with Crippen molar-refractivity contribution in [3.63, 3.8) is 0 Å². The molecule has 576 valence electrons. The summed E-state index contributed by atoms with van der Waals surface area (Å²) in [5.74, 6) is -1.64. The van der Waals surface area contributed by atoms with Gasteiger partial charge in [-0.3, -0.25) is 14.4 Å². The number of hydrogen-bond acceptors (Lipinski definition) is 25. The second-order valence-corrected chi connectivity index (χ2v) is 27.8. The number of ether oxygens (including phenoxy) is 10. The van der Waals surface area contributed by atoms with Crippen LogP contribution < -0.4 is 5.32 Å². The number of amides is 1. The second-order valence-electron chi connectivity index (χ2n) is 27.8. The molecule has 4 aliphatic rings. The third kappa shape index (κ3) is 33.2. The highest BCUT2D eigenvalue weighted by Crippen LogP contribution is 2.33. The zero-order chi connectivity index (χ0) is 71.5. The van der Waals surface area contributed by atoms with Crippen molar-refractivity contribution in [2.45, 2.75) is 400 Å². The number of esters is 2. The zero-order valence-electron chi connectivity index (χ0n) is 59.6. The van der Waals surface area contributed by atoms with E-state index >= 15 is 0 Å². The summed E-state index contributed by atoms with van der Waals surface area (Å²) >= 11 is 0. The summed E-state index contributed by atoms with van der Waals surface area (Å²) in [7, 11) is 0. The molecule has 0 aliphatic carbocycles. The number of unbranched alkanes of at least 4 members (excludes halogenated alkanes) is 33. The maximum atomic E-state index is 13.8. The molecule has 98 heavy (non-hydrogen) atoms. The minimum atomic E-state index is -1.97. The van der Waals surface area contributed by atoms with Crippen molar-refractivity contribution >= 4 is 17.8 Å². The van der Waals surface area contributed by atoms with Gasteiger partial charge < -0.3 is 114 Å². The first-order valence-electron chi connectivity index (χ1n) is 38.2. The van der Waals surface area contributed by atoms with Gasteiger partial charge >= 0.3 is 11.9 Å². The van der Waals surface area contributed by atoms with Crippen molar-refractivity contribution in [3.05, 3.63) is 0 Å². The lowest BCUT2D eigenvalue weighted by Gasteiger charge is -2.47. The Labute approximate surface area is 583 Å². The van der Waals surface area contributed by atoms with E-state index in [0.29, 0.717) is 19.3 Å². The minimum Gasteiger partial charge on any atom is -0.462 e. The molecule has 0 unspecified atom stereocenters. The van der Waals surface area contributed by atoms with Crippen LogP contribution >= 0.6 is 0 Å². The molecule has 0 spiro atoms. The van der Waals surface area contributed by atoms with Crippen LogP contribution in [0.4, 0.5) is 0 Å². The summed E-state index contributed by atoms with van der Waals surface area (Å²) in [6, 6.07) is -1.61. The van der Waals surface area contributed by atoms with Crippen molar-refractivity contribution in [2.24, 2.45) is 0 Å². The molecule has 4 saturated heterocycles. The third-order valence-electron chi connectivity index (χ3n) is 19.4. The molecule has 0 aromatic rings. The minimum absolute atomic E-state index is 0.00347. The molecule has 0 saturated carbocycles. The molecule has 1 amide bonds. The van der Waals surface area contributed by atoms with Crippen LogP contribution in [0.3, 0.4) is 0 Å². The highest BCUT2D eigenvalue weighted by atomic mass is 16.8. The van der Waals surface area contributed by atoms with E-state index in [-0.39, 0.29) is 19.3 Å². The molecule has 0 aromatic heterocycles. The zero-order valence-corrected chi connectivity index (χ0v) is 59.6. The Kier molecular flexibility index (Phi) is 47.2. The Morgan fingerprint density at radius 2 is 0.684 bits per heavy atom. The highest BCUT2D eigenvalue weighted by Gasteiger charge is 2.53. The van der Waals surface area contributed by atoms with Crippen LogP contribution in [0, 0.1) is 0 Å². The first-order valence-corrected chi connectivity index (χ1v) is 38.2. The van der Waals surface area contributed by atoms with Gasteiger partial charge in [-0.2, -0.15) is 0 Å². The molecule has 4 aliphatic heterocycles. The van der Waals surface area contributed by atoms with Crippen LogP contribution in [0.25, 0.3) is 0 Å². The van der Waals surface area contributed by atoms with Crippen LogP contribution in [0.5, 0.6) is 0 Å². The van der Waals surface area contributed by atoms with Gasteiger partial charge in [0.25, 0.3) is 0 Å². The van der Waals surface area contributed by atoms with E-state index < -0.39 is 186 Å². The van der Waals surface area contributed by atoms with Gasteiger partial charge in [0.15, 0.2) is 31.3 Å². The van der Waals surface area contributed by atoms with Crippen LogP contribution in [-0.2, 0) is 61.8 Å². The number of nitrogens with one attached hydrogen (secondary N) is 1. The summed E-state index contributed by atoms with van der Waals surface area (Å²) in [5, 5.41) is 133. The van der Waals surface area contributed by atoms with Gasteiger partial charge in [-0.05, 0) is 19.3 Å². The lowest BCUT2D eigenvalue weighted by molar-refractivity contribution is -0.363. The summed E-state index contributed by atoms with van der Waals surface area (Å²) < 4.78 is 59.0. The van der Waals surface area contributed by atoms with E-state index in [1.807, 2.05) is 0 Å². The quantitative estimate of drug-likeness (QED) is 0.0241. The van der Waals surface area contributed by atoms with Gasteiger partial charge in [0.1, 0.15) is 104 Å². The average Bonchev–Trinajstić information content (AvgIpc) is 0.804. The molecule has 26 nitrogen and oxygen atoms in total. The van der Waals surface area contributed by atoms with Crippen LogP contribution in [-0.4, -0.2) is 248 Å². The number of carbonyl (C=O) groups is 3. The molecule has 0 radical (unpaired) electrons. The first-order chi connectivity index (χ1) is 47.4. The number of rotatable bonds is 56. The number of aliphatic hydroxyl groups is 12. The Hall–Kier alpha value is -2.39. The molecule has 21 atom stereocenters. The van der Waals surface area contributed by atoms with Crippen molar-refractivity contribution < 1.29 is 123 Å². The number of aliphatic hydroxyl groups excluding tert-OH is 12. The van der Waals surface area contributed by atoms with Gasteiger partial charge in [-0.15, -0.1) is 0 Å². The van der Waals surface area contributed by atoms with Crippen LogP contribution in [0.2, 0.25) is 0 Å². The van der Waals surface area contributed by atoms with Crippen molar-refractivity contribution in [1.82, 2.24) is 5.32 Å². The fourth-order valence-corrected chi connectivity index (χ4v) is 13.0. The molecule has 4 rings (SSSR count). The Balaban J connectivity index is 1.49. The summed E-state index contributed by atoms with van der Waals surface area (Å²) in [5.41, 5.74) is 0. The fourth-order valence-electron chi connectivity index (χ4n) is 13.0. The Morgan fingerprint density at radius 1 is 0.347 bits per heavy atom. The molecule has 26 heteroatoms. The van der Waals surface area contributed by atoms with Gasteiger partial charge in [0, 0.05) is 19.3 Å². The maximum Gasteiger partial charge on any atom is 0.306 e. The van der Waals surface area contributed by atoms with E-state index in [1.54, 1.807) is 0 Å². The molecule has 0 aromatic carbocycles. The van der Waals surface area contributed by atoms with Crippen LogP contribution in [0.1, 0.15) is 271 Å². The molecular formula is C72H133NO25. The third-order valence-corrected chi connectivity index (χ3v) is 19.4. The average molecular weight is 1410 g/mol. The topological polar surface area (TPSA) is 398 Å². The van der Waals surface area contributed by atoms with Gasteiger partial charge in [0.05, 0.1) is 33.0 Å². The Morgan fingerprint density at radius 3 is 1.10 bits per heavy atom. The molecule has 13 N–H and O–H groups in total. The summed E-state index contributed by atoms with van der Waals surface area (Å²) in [6.45, 7) is 2.64. The highest BCUT2D eigenvalue weighted by molar-refractivity contribution is 5.76. The van der Waals surface area contributed by atoms with Gasteiger partial charge in [-0.25, -0.2) is 0 Å². The predicted molar refractivity (Wildman–Crippen MR) is 361 cm³/mol. The van der Waals surface area contributed by atoms with E-state index in [0.717, 1.165) is 83.5 Å². The number of carbonyl (C=O) groups excluding carboxylic acids is 3. The van der Waals surface area contributed by atoms with E-state index in [4.69, 9.17) is 47.4 Å². The number of hydrogen-bond donors (Lipinski definition) is 13. The smallest absolute Gasteiger partial charge is 0.306 e. The van der Waals surface area contributed by atoms with E-state index in [9.17, 15) is 75.7 Å². The van der Waals surface area contributed by atoms with E-state index in [2.05, 4.69) is 26.1 Å². The van der Waals surface area contributed by atoms with Crippen molar-refractivity contribution in [3.8, 4) is 0 Å². The van der Waals surface area contributed by atoms with Crippen molar-refractivity contribution in [2.75, 3.05) is 39.6 Å². The SMILES string of the molecule is CCCCCCCCCCCCCCC(=O)N[C@H]1[C@H](O[C@H]2[C@H](OC[C@H](COC(=O)CCCCCCCCCCCCCC)OC(=O)CCCCCCCCCCCCCC)O[C@H](CO)[C@@H](O)[C@@H]2O)O[C@H](CO[C@@H]2O[C@H](CO[C@@H]3O[C@H](CO)[C@@H](O)[C@H](O)[C@H]3O)[C@@H](O)[C@H](O)[C@H]2O)[C@@H](O)[C@@H]1O. The lowest BCUT2D eigenvalue weighted by Crippen LogP contribution is -2.68. The first kappa shape index (κ1) is 88.0. The normalized spacial score (nSPS) is 30.9. The lowest BCUT2D eigenvalue weighted by atomic mass is 9.95. The molecule has 4 heterocycles. The summed E-state index contributed by atoms with van der Waals surface area (Å²) in [6.07, 6.45) is 4.62. The maximum absolute atomic E-state index is 13.8. The van der Waals surface area contributed by atoms with E-state index in [1.165, 1.54) is 128 Å².